The van der Waals surface area contributed by atoms with E-state index in [1.807, 2.05) is 56.0 Å². The second-order valence-corrected chi connectivity index (χ2v) is 6.77. The Hall–Kier alpha value is -2.17. The SMILES string of the molecule is CC(C)(C)c1noc(C2CCC(=O)N2Cc2ccccc2)n1. The molecule has 5 heteroatoms. The second-order valence-electron chi connectivity index (χ2n) is 6.77. The topological polar surface area (TPSA) is 59.2 Å². The summed E-state index contributed by atoms with van der Waals surface area (Å²) in [7, 11) is 0. The molecule has 2 heterocycles. The van der Waals surface area contributed by atoms with Crippen LogP contribution in [-0.4, -0.2) is 20.9 Å². The molecule has 0 aliphatic carbocycles. The third-order valence-corrected chi connectivity index (χ3v) is 3.92. The van der Waals surface area contributed by atoms with Gasteiger partial charge in [0.25, 0.3) is 0 Å². The van der Waals surface area contributed by atoms with E-state index in [2.05, 4.69) is 10.1 Å². The first kappa shape index (κ1) is 14.8. The van der Waals surface area contributed by atoms with Gasteiger partial charge in [0, 0.05) is 18.4 Å². The highest BCUT2D eigenvalue weighted by Crippen LogP contribution is 2.34. The zero-order chi connectivity index (χ0) is 15.7. The molecule has 1 atom stereocenters. The molecule has 116 valence electrons. The second kappa shape index (κ2) is 5.55. The Balaban J connectivity index is 1.83. The van der Waals surface area contributed by atoms with Crippen LogP contribution in [0.4, 0.5) is 0 Å². The van der Waals surface area contributed by atoms with Crippen molar-refractivity contribution in [3.63, 3.8) is 0 Å². The Morgan fingerprint density at radius 2 is 2.00 bits per heavy atom. The van der Waals surface area contributed by atoms with Gasteiger partial charge in [-0.2, -0.15) is 4.98 Å². The predicted octanol–water partition coefficient (Wildman–Crippen LogP) is 3.23. The van der Waals surface area contributed by atoms with Gasteiger partial charge in [0.15, 0.2) is 5.82 Å². The van der Waals surface area contributed by atoms with E-state index in [9.17, 15) is 4.79 Å². The van der Waals surface area contributed by atoms with Crippen molar-refractivity contribution < 1.29 is 9.32 Å². The number of hydrogen-bond acceptors (Lipinski definition) is 4. The summed E-state index contributed by atoms with van der Waals surface area (Å²) in [6.45, 7) is 6.72. The summed E-state index contributed by atoms with van der Waals surface area (Å²) in [4.78, 5) is 18.6. The largest absolute Gasteiger partial charge is 0.337 e. The van der Waals surface area contributed by atoms with Crippen LogP contribution >= 0.6 is 0 Å². The molecule has 5 nitrogen and oxygen atoms in total. The fraction of sp³-hybridized carbons (Fsp3) is 0.471. The number of nitrogens with zero attached hydrogens (tertiary/aromatic N) is 3. The molecule has 3 rings (SSSR count). The Labute approximate surface area is 130 Å². The normalized spacial score (nSPS) is 19.0. The molecule has 1 aromatic heterocycles. The van der Waals surface area contributed by atoms with Crippen LogP contribution in [0.1, 0.15) is 56.9 Å². The average molecular weight is 299 g/mol. The van der Waals surface area contributed by atoms with Crippen molar-refractivity contribution in [1.29, 1.82) is 0 Å². The first-order valence-electron chi connectivity index (χ1n) is 7.62. The van der Waals surface area contributed by atoms with E-state index >= 15 is 0 Å². The first-order valence-corrected chi connectivity index (χ1v) is 7.62. The van der Waals surface area contributed by atoms with Crippen molar-refractivity contribution in [2.45, 2.75) is 51.6 Å². The van der Waals surface area contributed by atoms with Crippen molar-refractivity contribution >= 4 is 5.91 Å². The maximum atomic E-state index is 12.2. The Bertz CT molecular complexity index is 658. The van der Waals surface area contributed by atoms with Gasteiger partial charge in [-0.25, -0.2) is 0 Å². The van der Waals surface area contributed by atoms with Crippen molar-refractivity contribution in [2.24, 2.45) is 0 Å². The molecule has 1 saturated heterocycles. The van der Waals surface area contributed by atoms with E-state index in [0.29, 0.717) is 24.7 Å². The van der Waals surface area contributed by atoms with Gasteiger partial charge in [0.05, 0.1) is 0 Å². The lowest BCUT2D eigenvalue weighted by atomic mass is 9.96. The van der Waals surface area contributed by atoms with Crippen molar-refractivity contribution in [3.8, 4) is 0 Å². The first-order chi connectivity index (χ1) is 10.4. The highest BCUT2D eigenvalue weighted by atomic mass is 16.5. The van der Waals surface area contributed by atoms with Gasteiger partial charge in [-0.3, -0.25) is 4.79 Å². The molecule has 1 amide bonds. The zero-order valence-electron chi connectivity index (χ0n) is 13.2. The number of hydrogen-bond donors (Lipinski definition) is 0. The standard InChI is InChI=1S/C17H21N3O2/c1-17(2,3)16-18-15(22-19-16)13-9-10-14(21)20(13)11-12-7-5-4-6-8-12/h4-8,13H,9-11H2,1-3H3. The number of rotatable bonds is 3. The quantitative estimate of drug-likeness (QED) is 0.873. The van der Waals surface area contributed by atoms with E-state index < -0.39 is 0 Å². The number of benzene rings is 1. The monoisotopic (exact) mass is 299 g/mol. The lowest BCUT2D eigenvalue weighted by molar-refractivity contribution is -0.129. The molecule has 1 fully saturated rings. The molecular weight excluding hydrogens is 278 g/mol. The minimum atomic E-state index is -0.158. The number of carbonyl (C=O) groups is 1. The molecular formula is C17H21N3O2. The third kappa shape index (κ3) is 2.89. The van der Waals surface area contributed by atoms with Crippen LogP contribution in [0.5, 0.6) is 0 Å². The van der Waals surface area contributed by atoms with Gasteiger partial charge < -0.3 is 9.42 Å². The third-order valence-electron chi connectivity index (χ3n) is 3.92. The van der Waals surface area contributed by atoms with Crippen LogP contribution in [0.3, 0.4) is 0 Å². The fourth-order valence-corrected chi connectivity index (χ4v) is 2.64. The highest BCUT2D eigenvalue weighted by molar-refractivity contribution is 5.78. The predicted molar refractivity (Wildman–Crippen MR) is 82.0 cm³/mol. The van der Waals surface area contributed by atoms with Crippen LogP contribution in [-0.2, 0) is 16.8 Å². The van der Waals surface area contributed by atoms with Gasteiger partial charge in [0.2, 0.25) is 11.8 Å². The molecule has 1 aromatic carbocycles. The molecule has 1 aliphatic heterocycles. The fourth-order valence-electron chi connectivity index (χ4n) is 2.64. The van der Waals surface area contributed by atoms with Gasteiger partial charge in [-0.05, 0) is 12.0 Å². The molecule has 0 saturated carbocycles. The summed E-state index contributed by atoms with van der Waals surface area (Å²) in [5, 5.41) is 4.07. The van der Waals surface area contributed by atoms with E-state index in [1.54, 1.807) is 0 Å². The van der Waals surface area contributed by atoms with Crippen molar-refractivity contribution in [1.82, 2.24) is 15.0 Å². The van der Waals surface area contributed by atoms with Gasteiger partial charge in [0.1, 0.15) is 6.04 Å². The maximum absolute atomic E-state index is 12.2. The summed E-state index contributed by atoms with van der Waals surface area (Å²) in [5.41, 5.74) is 0.951. The molecule has 1 aliphatic rings. The highest BCUT2D eigenvalue weighted by Gasteiger charge is 2.36. The average Bonchev–Trinajstić information content (AvgIpc) is 3.08. The Morgan fingerprint density at radius 3 is 2.64 bits per heavy atom. The molecule has 22 heavy (non-hydrogen) atoms. The molecule has 0 bridgehead atoms. The van der Waals surface area contributed by atoms with Crippen LogP contribution in [0.2, 0.25) is 0 Å². The number of amides is 1. The molecule has 2 aromatic rings. The Kier molecular flexibility index (Phi) is 3.72. The lowest BCUT2D eigenvalue weighted by Gasteiger charge is -2.22. The van der Waals surface area contributed by atoms with Crippen molar-refractivity contribution in [2.75, 3.05) is 0 Å². The number of carbonyl (C=O) groups excluding carboxylic acids is 1. The molecule has 1 unspecified atom stereocenters. The zero-order valence-corrected chi connectivity index (χ0v) is 13.2. The molecule has 0 spiro atoms. The van der Waals surface area contributed by atoms with E-state index in [0.717, 1.165) is 12.0 Å². The summed E-state index contributed by atoms with van der Waals surface area (Å²) in [6, 6.07) is 9.87. The van der Waals surface area contributed by atoms with Crippen LogP contribution in [0.25, 0.3) is 0 Å². The number of aromatic nitrogens is 2. The minimum absolute atomic E-state index is 0.115. The smallest absolute Gasteiger partial charge is 0.249 e. The van der Waals surface area contributed by atoms with Gasteiger partial charge >= 0.3 is 0 Å². The lowest BCUT2D eigenvalue weighted by Crippen LogP contribution is -2.27. The van der Waals surface area contributed by atoms with E-state index in [1.165, 1.54) is 0 Å². The summed E-state index contributed by atoms with van der Waals surface area (Å²) in [6.07, 6.45) is 1.27. The summed E-state index contributed by atoms with van der Waals surface area (Å²) in [5.74, 6) is 1.37. The van der Waals surface area contributed by atoms with Gasteiger partial charge in [-0.15, -0.1) is 0 Å². The maximum Gasteiger partial charge on any atom is 0.249 e. The Morgan fingerprint density at radius 1 is 1.27 bits per heavy atom. The van der Waals surface area contributed by atoms with Crippen LogP contribution in [0, 0.1) is 0 Å². The van der Waals surface area contributed by atoms with Crippen molar-refractivity contribution in [3.05, 3.63) is 47.6 Å². The van der Waals surface area contributed by atoms with E-state index in [4.69, 9.17) is 4.52 Å². The van der Waals surface area contributed by atoms with Crippen LogP contribution in [0.15, 0.2) is 34.9 Å². The number of likely N-dealkylation sites (tertiary alicyclic amines) is 1. The van der Waals surface area contributed by atoms with Gasteiger partial charge in [-0.1, -0.05) is 56.3 Å². The minimum Gasteiger partial charge on any atom is -0.337 e. The summed E-state index contributed by atoms with van der Waals surface area (Å²) < 4.78 is 5.44. The molecule has 0 radical (unpaired) electrons. The van der Waals surface area contributed by atoms with E-state index in [-0.39, 0.29) is 17.4 Å². The van der Waals surface area contributed by atoms with Crippen LogP contribution < -0.4 is 0 Å². The molecule has 0 N–H and O–H groups in total. The summed E-state index contributed by atoms with van der Waals surface area (Å²) >= 11 is 0.